The molecule has 3 heterocycles. The number of hydrogen-bond acceptors (Lipinski definition) is 6. The molecule has 140 valence electrons. The van der Waals surface area contributed by atoms with E-state index in [4.69, 9.17) is 0 Å². The molecule has 2 saturated heterocycles. The van der Waals surface area contributed by atoms with E-state index in [9.17, 15) is 4.79 Å². The van der Waals surface area contributed by atoms with Crippen molar-refractivity contribution in [2.24, 2.45) is 0 Å². The van der Waals surface area contributed by atoms with E-state index in [1.165, 1.54) is 38.5 Å². The van der Waals surface area contributed by atoms with Crippen LogP contribution in [0.4, 0.5) is 0 Å². The second-order valence-corrected chi connectivity index (χ2v) is 7.49. The Morgan fingerprint density at radius 1 is 1.16 bits per heavy atom. The molecule has 8 heteroatoms. The second kappa shape index (κ2) is 8.71. The van der Waals surface area contributed by atoms with Crippen molar-refractivity contribution < 1.29 is 4.79 Å². The third-order valence-corrected chi connectivity index (χ3v) is 5.54. The number of rotatable bonds is 6. The van der Waals surface area contributed by atoms with E-state index in [1.54, 1.807) is 4.68 Å². The summed E-state index contributed by atoms with van der Waals surface area (Å²) >= 11 is 0. The lowest BCUT2D eigenvalue weighted by molar-refractivity contribution is -0.131. The van der Waals surface area contributed by atoms with Crippen LogP contribution in [-0.2, 0) is 17.9 Å². The van der Waals surface area contributed by atoms with Gasteiger partial charge in [-0.05, 0) is 62.8 Å². The molecule has 0 aromatic carbocycles. The van der Waals surface area contributed by atoms with Gasteiger partial charge in [-0.1, -0.05) is 12.8 Å². The summed E-state index contributed by atoms with van der Waals surface area (Å²) < 4.78 is 1.67. The lowest BCUT2D eigenvalue weighted by Crippen LogP contribution is -2.41. The number of likely N-dealkylation sites (tertiary alicyclic amines) is 2. The zero-order valence-electron chi connectivity index (χ0n) is 15.6. The molecule has 2 fully saturated rings. The van der Waals surface area contributed by atoms with Crippen LogP contribution in [0.5, 0.6) is 0 Å². The van der Waals surface area contributed by atoms with Crippen molar-refractivity contribution in [3.8, 4) is 0 Å². The van der Waals surface area contributed by atoms with E-state index in [-0.39, 0.29) is 12.5 Å². The molecule has 0 N–H and O–H groups in total. The van der Waals surface area contributed by atoms with Crippen LogP contribution in [0.2, 0.25) is 0 Å². The molecule has 0 bridgehead atoms. The highest BCUT2D eigenvalue weighted by Crippen LogP contribution is 2.16. The summed E-state index contributed by atoms with van der Waals surface area (Å²) in [5, 5.41) is 12.0. The average Bonchev–Trinajstić information content (AvgIpc) is 3.10. The largest absolute Gasteiger partial charge is 0.343 e. The van der Waals surface area contributed by atoms with Gasteiger partial charge in [0, 0.05) is 19.6 Å². The highest BCUT2D eigenvalue weighted by atomic mass is 16.2. The van der Waals surface area contributed by atoms with E-state index in [2.05, 4.69) is 32.4 Å². The topological polar surface area (TPSA) is 70.4 Å². The molecule has 1 amide bonds. The maximum atomic E-state index is 12.6. The zero-order chi connectivity index (χ0) is 17.6. The van der Waals surface area contributed by atoms with Crippen molar-refractivity contribution in [2.75, 3.05) is 40.3 Å². The van der Waals surface area contributed by atoms with Crippen LogP contribution in [0.15, 0.2) is 0 Å². The summed E-state index contributed by atoms with van der Waals surface area (Å²) in [6, 6.07) is 0.472. The number of carbonyl (C=O) groups is 1. The fourth-order valence-electron chi connectivity index (χ4n) is 3.83. The molecular weight excluding hydrogens is 318 g/mol. The van der Waals surface area contributed by atoms with Crippen LogP contribution in [0.1, 0.15) is 44.3 Å². The fourth-order valence-corrected chi connectivity index (χ4v) is 3.83. The van der Waals surface area contributed by atoms with Crippen LogP contribution >= 0.6 is 0 Å². The minimum absolute atomic E-state index is 0.0738. The van der Waals surface area contributed by atoms with Crippen LogP contribution < -0.4 is 0 Å². The Labute approximate surface area is 150 Å². The molecule has 3 rings (SSSR count). The van der Waals surface area contributed by atoms with Crippen LogP contribution in [0, 0.1) is 0 Å². The zero-order valence-corrected chi connectivity index (χ0v) is 15.6. The van der Waals surface area contributed by atoms with Crippen molar-refractivity contribution in [3.63, 3.8) is 0 Å². The molecule has 25 heavy (non-hydrogen) atoms. The lowest BCUT2D eigenvalue weighted by Gasteiger charge is -2.26. The van der Waals surface area contributed by atoms with Crippen molar-refractivity contribution in [1.29, 1.82) is 0 Å². The Hall–Kier alpha value is -1.54. The summed E-state index contributed by atoms with van der Waals surface area (Å²) in [4.78, 5) is 19.1. The van der Waals surface area contributed by atoms with E-state index in [0.29, 0.717) is 6.04 Å². The Kier molecular flexibility index (Phi) is 6.36. The molecule has 0 radical (unpaired) electrons. The first-order chi connectivity index (χ1) is 12.1. The number of aromatic nitrogens is 4. The van der Waals surface area contributed by atoms with Gasteiger partial charge in [0.15, 0.2) is 5.82 Å². The highest BCUT2D eigenvalue weighted by molar-refractivity contribution is 5.75. The fraction of sp³-hybridized carbons (Fsp3) is 0.882. The van der Waals surface area contributed by atoms with E-state index < -0.39 is 0 Å². The summed E-state index contributed by atoms with van der Waals surface area (Å²) in [6.45, 7) is 5.04. The van der Waals surface area contributed by atoms with Gasteiger partial charge in [0.25, 0.3) is 0 Å². The SMILES string of the molecule is CN(CC1CCCN1C)C(=O)Cn1nnnc1CN1CCCCCC1. The molecule has 2 aliphatic heterocycles. The van der Waals surface area contributed by atoms with Gasteiger partial charge in [-0.25, -0.2) is 4.68 Å². The Morgan fingerprint density at radius 2 is 1.92 bits per heavy atom. The van der Waals surface area contributed by atoms with Gasteiger partial charge in [-0.3, -0.25) is 9.69 Å². The van der Waals surface area contributed by atoms with Gasteiger partial charge in [0.2, 0.25) is 5.91 Å². The predicted molar refractivity (Wildman–Crippen MR) is 94.9 cm³/mol. The number of likely N-dealkylation sites (N-methyl/N-ethyl adjacent to an activating group) is 2. The van der Waals surface area contributed by atoms with Crippen LogP contribution in [-0.4, -0.2) is 87.1 Å². The second-order valence-electron chi connectivity index (χ2n) is 7.49. The third kappa shape index (κ3) is 4.98. The molecule has 8 nitrogen and oxygen atoms in total. The summed E-state index contributed by atoms with van der Waals surface area (Å²) in [5.74, 6) is 0.867. The number of nitrogens with zero attached hydrogens (tertiary/aromatic N) is 7. The van der Waals surface area contributed by atoms with E-state index in [1.807, 2.05) is 11.9 Å². The maximum Gasteiger partial charge on any atom is 0.244 e. The summed E-state index contributed by atoms with van der Waals surface area (Å²) in [7, 11) is 4.02. The minimum atomic E-state index is 0.0738. The molecule has 1 atom stereocenters. The van der Waals surface area contributed by atoms with Gasteiger partial charge in [-0.2, -0.15) is 0 Å². The smallest absolute Gasteiger partial charge is 0.244 e. The maximum absolute atomic E-state index is 12.6. The quantitative estimate of drug-likeness (QED) is 0.749. The molecule has 1 aromatic heterocycles. The Bertz CT molecular complexity index is 553. The number of amides is 1. The number of hydrogen-bond donors (Lipinski definition) is 0. The standard InChI is InChI=1S/C17H31N7O/c1-21-9-7-8-15(21)12-22(2)17(25)14-24-16(18-19-20-24)13-23-10-5-3-4-6-11-23/h15H,3-14H2,1-2H3. The summed E-state index contributed by atoms with van der Waals surface area (Å²) in [5.41, 5.74) is 0. The first-order valence-corrected chi connectivity index (χ1v) is 9.55. The van der Waals surface area contributed by atoms with Gasteiger partial charge in [-0.15, -0.1) is 5.10 Å². The Morgan fingerprint density at radius 3 is 2.60 bits per heavy atom. The summed E-state index contributed by atoms with van der Waals surface area (Å²) in [6.07, 6.45) is 7.46. The molecule has 2 aliphatic rings. The molecule has 0 aliphatic carbocycles. The minimum Gasteiger partial charge on any atom is -0.343 e. The number of tetrazole rings is 1. The van der Waals surface area contributed by atoms with Crippen LogP contribution in [0.25, 0.3) is 0 Å². The van der Waals surface area contributed by atoms with Gasteiger partial charge < -0.3 is 9.80 Å². The van der Waals surface area contributed by atoms with Gasteiger partial charge in [0.05, 0.1) is 6.54 Å². The highest BCUT2D eigenvalue weighted by Gasteiger charge is 2.24. The lowest BCUT2D eigenvalue weighted by atomic mass is 10.2. The molecular formula is C17H31N7O. The third-order valence-electron chi connectivity index (χ3n) is 5.54. The van der Waals surface area contributed by atoms with E-state index in [0.717, 1.165) is 38.5 Å². The molecule has 0 spiro atoms. The van der Waals surface area contributed by atoms with Crippen molar-refractivity contribution in [2.45, 2.75) is 57.7 Å². The Balaban J connectivity index is 1.53. The van der Waals surface area contributed by atoms with Gasteiger partial charge >= 0.3 is 0 Å². The average molecular weight is 349 g/mol. The van der Waals surface area contributed by atoms with Gasteiger partial charge in [0.1, 0.15) is 6.54 Å². The van der Waals surface area contributed by atoms with Crippen LogP contribution in [0.3, 0.4) is 0 Å². The van der Waals surface area contributed by atoms with Crippen molar-refractivity contribution in [1.82, 2.24) is 34.9 Å². The van der Waals surface area contributed by atoms with Crippen molar-refractivity contribution >= 4 is 5.91 Å². The number of carbonyl (C=O) groups excluding carboxylic acids is 1. The first-order valence-electron chi connectivity index (χ1n) is 9.55. The first kappa shape index (κ1) is 18.3. The molecule has 0 saturated carbocycles. The molecule has 1 unspecified atom stereocenters. The molecule has 1 aromatic rings. The predicted octanol–water partition coefficient (Wildman–Crippen LogP) is 0.602. The normalized spacial score (nSPS) is 22.9. The van der Waals surface area contributed by atoms with Crippen molar-refractivity contribution in [3.05, 3.63) is 5.82 Å². The van der Waals surface area contributed by atoms with E-state index >= 15 is 0 Å². The monoisotopic (exact) mass is 349 g/mol.